The molecule has 0 N–H and O–H groups in total. The number of fused-ring (bicyclic) bond motifs is 1. The molecule has 2 heterocycles. The molecular formula is C18H16FN3OS. The Hall–Kier alpha value is -2.49. The molecule has 0 aliphatic rings. The number of halogens is 1. The summed E-state index contributed by atoms with van der Waals surface area (Å²) in [4.78, 5) is 11.0. The molecule has 0 amide bonds. The number of rotatable bonds is 4. The Balaban J connectivity index is 1.92. The van der Waals surface area contributed by atoms with Crippen LogP contribution in [0, 0.1) is 17.7 Å². The zero-order chi connectivity index (χ0) is 16.9. The van der Waals surface area contributed by atoms with E-state index in [1.807, 2.05) is 29.8 Å². The molecule has 1 aromatic carbocycles. The highest BCUT2D eigenvalue weighted by Gasteiger charge is 2.09. The van der Waals surface area contributed by atoms with E-state index in [0.717, 1.165) is 17.6 Å². The Morgan fingerprint density at radius 3 is 2.71 bits per heavy atom. The monoisotopic (exact) mass is 341 g/mol. The van der Waals surface area contributed by atoms with Gasteiger partial charge in [-0.15, -0.1) is 11.3 Å². The van der Waals surface area contributed by atoms with Crippen LogP contribution in [-0.2, 0) is 0 Å². The van der Waals surface area contributed by atoms with E-state index >= 15 is 0 Å². The van der Waals surface area contributed by atoms with Gasteiger partial charge in [0.15, 0.2) is 5.69 Å². The van der Waals surface area contributed by atoms with Crippen molar-refractivity contribution in [3.05, 3.63) is 52.1 Å². The predicted molar refractivity (Wildman–Crippen MR) is 93.8 cm³/mol. The number of benzene rings is 1. The lowest BCUT2D eigenvalue weighted by molar-refractivity contribution is 0.253. The van der Waals surface area contributed by atoms with Crippen molar-refractivity contribution in [1.82, 2.24) is 14.9 Å². The Morgan fingerprint density at radius 2 is 1.96 bits per heavy atom. The highest BCUT2D eigenvalue weighted by Crippen LogP contribution is 2.21. The predicted octanol–water partition coefficient (Wildman–Crippen LogP) is 3.17. The third-order valence-electron chi connectivity index (χ3n) is 3.21. The molecule has 0 aliphatic carbocycles. The number of ether oxygens (including phenoxy) is 1. The Kier molecular flexibility index (Phi) is 5.04. The third kappa shape index (κ3) is 4.07. The lowest BCUT2D eigenvalue weighted by Gasteiger charge is -2.11. The van der Waals surface area contributed by atoms with Crippen LogP contribution in [0.3, 0.4) is 0 Å². The number of hydrogen-bond acceptors (Lipinski definition) is 5. The van der Waals surface area contributed by atoms with Crippen LogP contribution in [0.25, 0.3) is 11.0 Å². The van der Waals surface area contributed by atoms with Crippen LogP contribution in [-0.4, -0.2) is 42.1 Å². The molecule has 3 rings (SSSR count). The molecule has 0 aliphatic heterocycles. The molecule has 0 fully saturated rings. The second kappa shape index (κ2) is 7.39. The molecule has 0 atom stereocenters. The van der Waals surface area contributed by atoms with Crippen LogP contribution >= 0.6 is 11.3 Å². The fourth-order valence-corrected chi connectivity index (χ4v) is 2.66. The van der Waals surface area contributed by atoms with Gasteiger partial charge in [-0.25, -0.2) is 14.4 Å². The zero-order valence-corrected chi connectivity index (χ0v) is 14.2. The molecule has 0 radical (unpaired) electrons. The maximum atomic E-state index is 13.3. The van der Waals surface area contributed by atoms with Crippen molar-refractivity contribution in [1.29, 1.82) is 0 Å². The first-order valence-electron chi connectivity index (χ1n) is 7.41. The number of aromatic nitrogens is 2. The second-order valence-electron chi connectivity index (χ2n) is 5.43. The zero-order valence-electron chi connectivity index (χ0n) is 13.4. The highest BCUT2D eigenvalue weighted by atomic mass is 32.1. The van der Waals surface area contributed by atoms with Crippen LogP contribution < -0.4 is 4.74 Å². The van der Waals surface area contributed by atoms with E-state index in [4.69, 9.17) is 4.74 Å². The Bertz CT molecular complexity index is 911. The second-order valence-corrected chi connectivity index (χ2v) is 6.18. The summed E-state index contributed by atoms with van der Waals surface area (Å²) in [5.74, 6) is 5.96. The minimum atomic E-state index is -0.316. The van der Waals surface area contributed by atoms with E-state index in [9.17, 15) is 4.39 Å². The number of nitrogens with zero attached hydrogens (tertiary/aromatic N) is 3. The van der Waals surface area contributed by atoms with E-state index in [-0.39, 0.29) is 5.82 Å². The topological polar surface area (TPSA) is 38.2 Å². The molecule has 4 nitrogen and oxygen atoms in total. The summed E-state index contributed by atoms with van der Waals surface area (Å²) in [5.41, 5.74) is 2.62. The van der Waals surface area contributed by atoms with Crippen LogP contribution in [0.1, 0.15) is 11.3 Å². The van der Waals surface area contributed by atoms with Gasteiger partial charge in [-0.3, -0.25) is 0 Å². The van der Waals surface area contributed by atoms with Gasteiger partial charge in [0.1, 0.15) is 23.5 Å². The van der Waals surface area contributed by atoms with Crippen LogP contribution in [0.2, 0.25) is 0 Å². The Morgan fingerprint density at radius 1 is 1.17 bits per heavy atom. The first kappa shape index (κ1) is 16.4. The average Bonchev–Trinajstić information content (AvgIpc) is 2.99. The standard InChI is InChI=1S/C18H16FN3OS/c1-22(2)8-9-23-18-15(20-16-11-24-12-17(16)21-18)7-6-13-4-3-5-14(19)10-13/h3-5,10-12H,8-9H2,1-2H3. The summed E-state index contributed by atoms with van der Waals surface area (Å²) in [5, 5.41) is 3.84. The van der Waals surface area contributed by atoms with Crippen LogP contribution in [0.5, 0.6) is 5.88 Å². The average molecular weight is 341 g/mol. The molecule has 0 bridgehead atoms. The summed E-state index contributed by atoms with van der Waals surface area (Å²) in [7, 11) is 3.95. The highest BCUT2D eigenvalue weighted by molar-refractivity contribution is 7.09. The SMILES string of the molecule is CN(C)CCOc1nc2cscc2nc1C#Cc1cccc(F)c1. The van der Waals surface area contributed by atoms with Gasteiger partial charge >= 0.3 is 0 Å². The van der Waals surface area contributed by atoms with Gasteiger partial charge in [0.2, 0.25) is 5.88 Å². The lowest BCUT2D eigenvalue weighted by Crippen LogP contribution is -2.20. The van der Waals surface area contributed by atoms with E-state index in [0.29, 0.717) is 23.7 Å². The number of likely N-dealkylation sites (N-methyl/N-ethyl adjacent to an activating group) is 1. The minimum absolute atomic E-state index is 0.316. The van der Waals surface area contributed by atoms with E-state index in [1.165, 1.54) is 23.5 Å². The smallest absolute Gasteiger partial charge is 0.249 e. The number of hydrogen-bond donors (Lipinski definition) is 0. The summed E-state index contributed by atoms with van der Waals surface area (Å²) >= 11 is 1.53. The van der Waals surface area contributed by atoms with Gasteiger partial charge in [0.25, 0.3) is 0 Å². The largest absolute Gasteiger partial charge is 0.474 e. The van der Waals surface area contributed by atoms with Crippen molar-refractivity contribution in [3.8, 4) is 17.7 Å². The van der Waals surface area contributed by atoms with Crippen molar-refractivity contribution in [2.75, 3.05) is 27.2 Å². The van der Waals surface area contributed by atoms with Gasteiger partial charge in [-0.05, 0) is 38.2 Å². The van der Waals surface area contributed by atoms with Gasteiger partial charge in [0, 0.05) is 22.9 Å². The molecule has 0 unspecified atom stereocenters. The third-order valence-corrected chi connectivity index (χ3v) is 3.92. The van der Waals surface area contributed by atoms with Crippen LogP contribution in [0.4, 0.5) is 4.39 Å². The van der Waals surface area contributed by atoms with E-state index in [1.54, 1.807) is 12.1 Å². The van der Waals surface area contributed by atoms with Gasteiger partial charge in [0.05, 0.1) is 0 Å². The lowest BCUT2D eigenvalue weighted by atomic mass is 10.2. The summed E-state index contributed by atoms with van der Waals surface area (Å²) in [6, 6.07) is 6.15. The molecular weight excluding hydrogens is 325 g/mol. The maximum Gasteiger partial charge on any atom is 0.249 e. The first-order valence-corrected chi connectivity index (χ1v) is 8.35. The first-order chi connectivity index (χ1) is 11.6. The summed E-state index contributed by atoms with van der Waals surface area (Å²) in [6.45, 7) is 1.26. The number of thiophene rings is 1. The minimum Gasteiger partial charge on any atom is -0.474 e. The molecule has 3 aromatic rings. The van der Waals surface area contributed by atoms with Crippen molar-refractivity contribution in [2.24, 2.45) is 0 Å². The Labute approximate surface area is 143 Å². The fourth-order valence-electron chi connectivity index (χ4n) is 1.99. The van der Waals surface area contributed by atoms with Crippen LogP contribution in [0.15, 0.2) is 35.0 Å². The van der Waals surface area contributed by atoms with Crippen molar-refractivity contribution < 1.29 is 9.13 Å². The van der Waals surface area contributed by atoms with Crippen molar-refractivity contribution >= 4 is 22.4 Å². The molecule has 0 saturated heterocycles. The summed E-state index contributed by atoms with van der Waals surface area (Å²) < 4.78 is 19.0. The molecule has 0 saturated carbocycles. The van der Waals surface area contributed by atoms with Gasteiger partial charge in [-0.1, -0.05) is 12.0 Å². The molecule has 0 spiro atoms. The normalized spacial score (nSPS) is 10.7. The van der Waals surface area contributed by atoms with Crippen molar-refractivity contribution in [2.45, 2.75) is 0 Å². The molecule has 122 valence electrons. The summed E-state index contributed by atoms with van der Waals surface area (Å²) in [6.07, 6.45) is 0. The van der Waals surface area contributed by atoms with Gasteiger partial charge < -0.3 is 9.64 Å². The molecule has 24 heavy (non-hydrogen) atoms. The van der Waals surface area contributed by atoms with E-state index < -0.39 is 0 Å². The molecule has 2 aromatic heterocycles. The maximum absolute atomic E-state index is 13.3. The molecule has 6 heteroatoms. The van der Waals surface area contributed by atoms with Gasteiger partial charge in [-0.2, -0.15) is 0 Å². The van der Waals surface area contributed by atoms with E-state index in [2.05, 4.69) is 21.8 Å². The quantitative estimate of drug-likeness (QED) is 0.683. The van der Waals surface area contributed by atoms with Crippen molar-refractivity contribution in [3.63, 3.8) is 0 Å². The fraction of sp³-hybridized carbons (Fsp3) is 0.222.